The zero-order valence-corrected chi connectivity index (χ0v) is 15.4. The van der Waals surface area contributed by atoms with Crippen molar-refractivity contribution in [2.75, 3.05) is 19.7 Å². The van der Waals surface area contributed by atoms with Crippen LogP contribution in [-0.2, 0) is 29.0 Å². The van der Waals surface area contributed by atoms with Gasteiger partial charge in [-0.05, 0) is 32.0 Å². The van der Waals surface area contributed by atoms with Crippen molar-refractivity contribution in [3.63, 3.8) is 0 Å². The summed E-state index contributed by atoms with van der Waals surface area (Å²) in [7, 11) is -3.77. The number of ether oxygens (including phenoxy) is 3. The molecule has 1 aromatic carbocycles. The number of hydrogen-bond donors (Lipinski definition) is 0. The number of morpholine rings is 1. The molecule has 2 aliphatic rings. The smallest absolute Gasteiger partial charge is 0.347 e. The quantitative estimate of drug-likeness (QED) is 0.714. The van der Waals surface area contributed by atoms with Crippen molar-refractivity contribution in [3.8, 4) is 0 Å². The molecule has 142 valence electrons. The summed E-state index contributed by atoms with van der Waals surface area (Å²) in [5, 5.41) is 0. The molecule has 9 heteroatoms. The van der Waals surface area contributed by atoms with E-state index in [0.29, 0.717) is 6.42 Å². The molecular weight excluding hydrogens is 362 g/mol. The Hall–Kier alpha value is -1.97. The van der Waals surface area contributed by atoms with Crippen molar-refractivity contribution >= 4 is 22.0 Å². The third-order valence-corrected chi connectivity index (χ3v) is 6.06. The molecule has 26 heavy (non-hydrogen) atoms. The summed E-state index contributed by atoms with van der Waals surface area (Å²) in [5.41, 5.74) is 0.0696. The summed E-state index contributed by atoms with van der Waals surface area (Å²) in [6.07, 6.45) is -1.07. The van der Waals surface area contributed by atoms with Crippen LogP contribution in [0.25, 0.3) is 0 Å². The Bertz CT molecular complexity index is 797. The highest BCUT2D eigenvalue weighted by molar-refractivity contribution is 7.89. The molecule has 0 spiro atoms. The SMILES string of the molecule is CC1CN(S(=O)(=O)c2cccc(C(=O)OC3CCOC3=O)c2)CC(C)O1. The molecule has 0 saturated carbocycles. The number of rotatable bonds is 4. The van der Waals surface area contributed by atoms with Crippen LogP contribution in [-0.4, -0.2) is 62.7 Å². The molecule has 0 aromatic heterocycles. The van der Waals surface area contributed by atoms with E-state index >= 15 is 0 Å². The second-order valence-electron chi connectivity index (χ2n) is 6.46. The van der Waals surface area contributed by atoms with E-state index < -0.39 is 28.1 Å². The van der Waals surface area contributed by atoms with Crippen LogP contribution in [0.3, 0.4) is 0 Å². The number of nitrogens with zero attached hydrogens (tertiary/aromatic N) is 1. The lowest BCUT2D eigenvalue weighted by atomic mass is 10.2. The maximum atomic E-state index is 12.9. The Morgan fingerprint density at radius 3 is 2.54 bits per heavy atom. The van der Waals surface area contributed by atoms with Gasteiger partial charge >= 0.3 is 11.9 Å². The Kier molecular flexibility index (Phi) is 5.31. The Morgan fingerprint density at radius 1 is 1.23 bits per heavy atom. The molecule has 0 aliphatic carbocycles. The molecular formula is C17H21NO7S. The van der Waals surface area contributed by atoms with Crippen molar-refractivity contribution in [1.29, 1.82) is 0 Å². The molecule has 1 aromatic rings. The van der Waals surface area contributed by atoms with E-state index in [1.807, 2.05) is 13.8 Å². The van der Waals surface area contributed by atoms with Crippen LogP contribution >= 0.6 is 0 Å². The summed E-state index contributed by atoms with van der Waals surface area (Å²) in [6.45, 7) is 4.32. The van der Waals surface area contributed by atoms with Crippen molar-refractivity contribution in [3.05, 3.63) is 29.8 Å². The van der Waals surface area contributed by atoms with Gasteiger partial charge in [0.2, 0.25) is 16.1 Å². The van der Waals surface area contributed by atoms with Crippen LogP contribution in [0.4, 0.5) is 0 Å². The highest BCUT2D eigenvalue weighted by Crippen LogP contribution is 2.22. The van der Waals surface area contributed by atoms with Gasteiger partial charge in [0.1, 0.15) is 0 Å². The van der Waals surface area contributed by atoms with Crippen LogP contribution in [0.2, 0.25) is 0 Å². The molecule has 0 N–H and O–H groups in total. The first-order chi connectivity index (χ1) is 12.3. The second-order valence-corrected chi connectivity index (χ2v) is 8.40. The van der Waals surface area contributed by atoms with Crippen LogP contribution in [0.1, 0.15) is 30.6 Å². The molecule has 2 saturated heterocycles. The van der Waals surface area contributed by atoms with Gasteiger partial charge in [-0.15, -0.1) is 0 Å². The minimum absolute atomic E-state index is 0.00208. The summed E-state index contributed by atoms with van der Waals surface area (Å²) in [5.74, 6) is -1.34. The van der Waals surface area contributed by atoms with Crippen molar-refractivity contribution in [1.82, 2.24) is 4.31 Å². The number of esters is 2. The fourth-order valence-corrected chi connectivity index (χ4v) is 4.68. The summed E-state index contributed by atoms with van der Waals surface area (Å²) in [6, 6.07) is 5.62. The topological polar surface area (TPSA) is 99.2 Å². The van der Waals surface area contributed by atoms with Crippen molar-refractivity contribution < 1.29 is 32.2 Å². The van der Waals surface area contributed by atoms with E-state index in [0.717, 1.165) is 0 Å². The zero-order chi connectivity index (χ0) is 18.9. The van der Waals surface area contributed by atoms with E-state index in [9.17, 15) is 18.0 Å². The first kappa shape index (κ1) is 18.8. The Morgan fingerprint density at radius 2 is 1.92 bits per heavy atom. The minimum Gasteiger partial charge on any atom is -0.463 e. The van der Waals surface area contributed by atoms with Gasteiger partial charge in [-0.3, -0.25) is 0 Å². The van der Waals surface area contributed by atoms with Crippen LogP contribution in [0, 0.1) is 0 Å². The first-order valence-electron chi connectivity index (χ1n) is 8.40. The highest BCUT2D eigenvalue weighted by atomic mass is 32.2. The molecule has 2 heterocycles. The lowest BCUT2D eigenvalue weighted by molar-refractivity contribution is -0.145. The average Bonchev–Trinajstić information content (AvgIpc) is 2.99. The third kappa shape index (κ3) is 3.89. The largest absolute Gasteiger partial charge is 0.463 e. The van der Waals surface area contributed by atoms with Crippen LogP contribution < -0.4 is 0 Å². The molecule has 3 unspecified atom stereocenters. The van der Waals surface area contributed by atoms with E-state index in [-0.39, 0.29) is 42.4 Å². The molecule has 3 rings (SSSR count). The normalized spacial score (nSPS) is 27.2. The predicted molar refractivity (Wildman–Crippen MR) is 90.0 cm³/mol. The lowest BCUT2D eigenvalue weighted by Gasteiger charge is -2.34. The molecule has 0 amide bonds. The van der Waals surface area contributed by atoms with Crippen molar-refractivity contribution in [2.45, 2.75) is 43.5 Å². The maximum absolute atomic E-state index is 12.9. The number of carbonyl (C=O) groups is 2. The van der Waals surface area contributed by atoms with E-state index in [1.54, 1.807) is 0 Å². The number of sulfonamides is 1. The number of cyclic esters (lactones) is 1. The maximum Gasteiger partial charge on any atom is 0.347 e. The van der Waals surface area contributed by atoms with Gasteiger partial charge in [-0.2, -0.15) is 4.31 Å². The van der Waals surface area contributed by atoms with Gasteiger partial charge in [0.15, 0.2) is 0 Å². The van der Waals surface area contributed by atoms with Gasteiger partial charge in [0.05, 0.1) is 29.3 Å². The summed E-state index contributed by atoms with van der Waals surface area (Å²) >= 11 is 0. The second kappa shape index (κ2) is 7.34. The Balaban J connectivity index is 1.79. The van der Waals surface area contributed by atoms with Gasteiger partial charge in [0.25, 0.3) is 0 Å². The minimum atomic E-state index is -3.77. The molecule has 2 fully saturated rings. The molecule has 0 bridgehead atoms. The zero-order valence-electron chi connectivity index (χ0n) is 14.6. The van der Waals surface area contributed by atoms with Crippen LogP contribution in [0.5, 0.6) is 0 Å². The molecule has 8 nitrogen and oxygen atoms in total. The monoisotopic (exact) mass is 383 g/mol. The highest BCUT2D eigenvalue weighted by Gasteiger charge is 2.33. The van der Waals surface area contributed by atoms with Crippen LogP contribution in [0.15, 0.2) is 29.2 Å². The predicted octanol–water partition coefficient (Wildman–Crippen LogP) is 0.957. The van der Waals surface area contributed by atoms with Gasteiger partial charge in [-0.25, -0.2) is 18.0 Å². The van der Waals surface area contributed by atoms with E-state index in [4.69, 9.17) is 14.2 Å². The average molecular weight is 383 g/mol. The van der Waals surface area contributed by atoms with Gasteiger partial charge in [0, 0.05) is 19.5 Å². The van der Waals surface area contributed by atoms with Gasteiger partial charge < -0.3 is 14.2 Å². The third-order valence-electron chi connectivity index (χ3n) is 4.23. The van der Waals surface area contributed by atoms with E-state index in [1.165, 1.54) is 28.6 Å². The van der Waals surface area contributed by atoms with Crippen molar-refractivity contribution in [2.24, 2.45) is 0 Å². The Labute approximate surface area is 152 Å². The molecule has 3 atom stereocenters. The number of benzene rings is 1. The standard InChI is InChI=1S/C17H21NO7S/c1-11-9-18(10-12(2)24-11)26(21,22)14-5-3-4-13(8-14)16(19)25-15-6-7-23-17(15)20/h3-5,8,11-12,15H,6-7,9-10H2,1-2H3. The summed E-state index contributed by atoms with van der Waals surface area (Å²) < 4.78 is 42.6. The fourth-order valence-electron chi connectivity index (χ4n) is 3.04. The van der Waals surface area contributed by atoms with E-state index in [2.05, 4.69) is 0 Å². The fraction of sp³-hybridized carbons (Fsp3) is 0.529. The summed E-state index contributed by atoms with van der Waals surface area (Å²) in [4.78, 5) is 23.7. The van der Waals surface area contributed by atoms with Gasteiger partial charge in [-0.1, -0.05) is 6.07 Å². The number of hydrogen-bond acceptors (Lipinski definition) is 7. The molecule has 0 radical (unpaired) electrons. The first-order valence-corrected chi connectivity index (χ1v) is 9.84. The molecule has 2 aliphatic heterocycles. The number of carbonyl (C=O) groups excluding carboxylic acids is 2. The lowest BCUT2D eigenvalue weighted by Crippen LogP contribution is -2.48.